The van der Waals surface area contributed by atoms with Crippen LogP contribution in [0.2, 0.25) is 0 Å². The normalized spacial score (nSPS) is 11.8. The van der Waals surface area contributed by atoms with Gasteiger partial charge in [-0.2, -0.15) is 9.90 Å². The van der Waals surface area contributed by atoms with Crippen molar-refractivity contribution in [3.8, 4) is 11.5 Å². The Kier molecular flexibility index (Phi) is 6.62. The molecule has 3 nitrogen and oxygen atoms in total. The second-order valence-corrected chi connectivity index (χ2v) is 5.07. The van der Waals surface area contributed by atoms with Gasteiger partial charge in [0.2, 0.25) is 6.36 Å². The number of nitrogens with two attached hydrogens (primary N) is 1. The lowest BCUT2D eigenvalue weighted by Crippen LogP contribution is -2.04. The first kappa shape index (κ1) is 15.4. The molecule has 0 saturated heterocycles. The molecule has 1 rings (SSSR count). The summed E-state index contributed by atoms with van der Waals surface area (Å²) in [7, 11) is -0.555. The number of anilines is 1. The molecule has 0 aromatic heterocycles. The summed E-state index contributed by atoms with van der Waals surface area (Å²) in [5.41, 5.74) is 6.24. The van der Waals surface area contributed by atoms with Gasteiger partial charge in [-0.05, 0) is 25.5 Å². The van der Waals surface area contributed by atoms with Gasteiger partial charge >= 0.3 is 0 Å². The third kappa shape index (κ3) is 4.96. The lowest BCUT2D eigenvalue weighted by molar-refractivity contribution is 0.0859. The van der Waals surface area contributed by atoms with Crippen molar-refractivity contribution in [2.75, 3.05) is 19.1 Å². The number of nitrogen functional groups attached to an aromatic ring is 1. The lowest BCUT2D eigenvalue weighted by Gasteiger charge is -2.13. The molecule has 1 aromatic carbocycles. The van der Waals surface area contributed by atoms with E-state index in [1.807, 2.05) is 13.3 Å². The van der Waals surface area contributed by atoms with Gasteiger partial charge in [0, 0.05) is 13.0 Å². The van der Waals surface area contributed by atoms with Crippen LogP contribution in [0.25, 0.3) is 0 Å². The van der Waals surface area contributed by atoms with Crippen LogP contribution in [0, 0.1) is 0 Å². The number of alkyl halides is 1. The van der Waals surface area contributed by atoms with E-state index in [2.05, 4.69) is 0 Å². The van der Waals surface area contributed by atoms with Crippen molar-refractivity contribution in [2.45, 2.75) is 13.3 Å². The molecule has 0 radical (unpaired) electrons. The summed E-state index contributed by atoms with van der Waals surface area (Å²) in [4.78, 5) is 0. The van der Waals surface area contributed by atoms with Gasteiger partial charge in [-0.3, -0.25) is 0 Å². The molecule has 0 fully saturated rings. The molecule has 0 aliphatic rings. The van der Waals surface area contributed by atoms with Crippen LogP contribution in [-0.4, -0.2) is 19.7 Å². The zero-order valence-corrected chi connectivity index (χ0v) is 12.0. The minimum absolute atomic E-state index is 0. The molecule has 92 valence electrons. The Morgan fingerprint density at radius 2 is 2.00 bits per heavy atom. The first-order chi connectivity index (χ1) is 6.99. The molecule has 2 N–H and O–H groups in total. The fourth-order valence-corrected chi connectivity index (χ4v) is 1.60. The van der Waals surface area contributed by atoms with Crippen LogP contribution in [0.3, 0.4) is 0 Å². The van der Waals surface area contributed by atoms with Crippen LogP contribution in [0.4, 0.5) is 10.1 Å². The van der Waals surface area contributed by atoms with E-state index >= 15 is 0 Å². The largest absolute Gasteiger partial charge is 0.472 e. The molecule has 0 aliphatic carbocycles. The molecular formula is C10H18FNO2P2. The maximum Gasteiger partial charge on any atom is 0.235 e. The van der Waals surface area contributed by atoms with E-state index < -0.39 is 14.5 Å². The molecule has 1 aromatic rings. The van der Waals surface area contributed by atoms with E-state index in [4.69, 9.17) is 15.0 Å². The molecule has 2 atom stereocenters. The van der Waals surface area contributed by atoms with E-state index in [1.54, 1.807) is 18.2 Å². The fraction of sp³-hybridized carbons (Fsp3) is 0.400. The minimum Gasteiger partial charge on any atom is -0.472 e. The molecule has 0 heterocycles. The van der Waals surface area contributed by atoms with E-state index in [1.165, 1.54) is 6.92 Å². The van der Waals surface area contributed by atoms with Gasteiger partial charge in [-0.25, -0.2) is 4.39 Å². The van der Waals surface area contributed by atoms with Crippen molar-refractivity contribution in [1.29, 1.82) is 0 Å². The molecule has 6 heteroatoms. The third-order valence-electron chi connectivity index (χ3n) is 1.56. The smallest absolute Gasteiger partial charge is 0.235 e. The van der Waals surface area contributed by atoms with Crippen LogP contribution in [0.1, 0.15) is 6.92 Å². The Balaban J connectivity index is 0.00000225. The summed E-state index contributed by atoms with van der Waals surface area (Å²) in [5.74, 6) is 0.968. The highest BCUT2D eigenvalue weighted by molar-refractivity contribution is 7.51. The average molecular weight is 265 g/mol. The first-order valence-corrected chi connectivity index (χ1v) is 6.70. The van der Waals surface area contributed by atoms with E-state index in [-0.39, 0.29) is 9.90 Å². The average Bonchev–Trinajstić information content (AvgIpc) is 2.09. The second-order valence-electron chi connectivity index (χ2n) is 3.26. The van der Waals surface area contributed by atoms with Gasteiger partial charge in [0.1, 0.15) is 11.5 Å². The van der Waals surface area contributed by atoms with E-state index in [9.17, 15) is 4.39 Å². The van der Waals surface area contributed by atoms with Crippen LogP contribution in [0.5, 0.6) is 11.5 Å². The molecule has 0 amide bonds. The van der Waals surface area contributed by atoms with Gasteiger partial charge in [0.15, 0.2) is 0 Å². The highest BCUT2D eigenvalue weighted by Gasteiger charge is 2.07. The van der Waals surface area contributed by atoms with Crippen LogP contribution < -0.4 is 15.0 Å². The van der Waals surface area contributed by atoms with E-state index in [0.29, 0.717) is 17.2 Å². The minimum atomic E-state index is -1.34. The number of hydrogen-bond donors (Lipinski definition) is 1. The fourth-order valence-electron chi connectivity index (χ4n) is 1.05. The molecular weight excluding hydrogens is 247 g/mol. The highest BCUT2D eigenvalue weighted by atomic mass is 31.1. The number of ether oxygens (including phenoxy) is 1. The molecule has 2 unspecified atom stereocenters. The maximum atomic E-state index is 12.6. The van der Waals surface area contributed by atoms with Crippen molar-refractivity contribution in [1.82, 2.24) is 0 Å². The molecule has 0 saturated carbocycles. The van der Waals surface area contributed by atoms with Crippen molar-refractivity contribution >= 4 is 23.7 Å². The summed E-state index contributed by atoms with van der Waals surface area (Å²) < 4.78 is 23.0. The van der Waals surface area contributed by atoms with Crippen LogP contribution in [0.15, 0.2) is 18.2 Å². The first-order valence-electron chi connectivity index (χ1n) is 4.54. The Hall–Kier alpha value is -0.590. The SMILES string of the molecule is CC(F)Oc1ccc(N)c(OP(C)C)c1.P. The van der Waals surface area contributed by atoms with Gasteiger partial charge in [0.25, 0.3) is 0 Å². The highest BCUT2D eigenvalue weighted by Crippen LogP contribution is 2.36. The standard InChI is InChI=1S/C10H15FNO2P.H3P/c1-7(11)13-8-4-5-9(12)10(6-8)14-15(2)3;/h4-7H,12H2,1-3H3;1H3. The molecule has 0 aliphatic heterocycles. The van der Waals surface area contributed by atoms with Gasteiger partial charge < -0.3 is 15.0 Å². The monoisotopic (exact) mass is 265 g/mol. The zero-order valence-electron chi connectivity index (χ0n) is 9.74. The topological polar surface area (TPSA) is 44.5 Å². The number of hydrogen-bond acceptors (Lipinski definition) is 3. The third-order valence-corrected chi connectivity index (χ3v) is 2.13. The number of rotatable bonds is 4. The zero-order chi connectivity index (χ0) is 11.4. The quantitative estimate of drug-likeness (QED) is 0.672. The summed E-state index contributed by atoms with van der Waals surface area (Å²) >= 11 is 0. The van der Waals surface area contributed by atoms with Crippen LogP contribution >= 0.6 is 18.0 Å². The van der Waals surface area contributed by atoms with Crippen molar-refractivity contribution in [3.05, 3.63) is 18.2 Å². The summed E-state index contributed by atoms with van der Waals surface area (Å²) in [6, 6.07) is 4.87. The number of halogens is 1. The van der Waals surface area contributed by atoms with Crippen LogP contribution in [-0.2, 0) is 0 Å². The van der Waals surface area contributed by atoms with Gasteiger partial charge in [0.05, 0.1) is 13.8 Å². The number of benzene rings is 1. The van der Waals surface area contributed by atoms with Gasteiger partial charge in [-0.15, -0.1) is 0 Å². The predicted molar refractivity (Wildman–Crippen MR) is 72.6 cm³/mol. The summed E-state index contributed by atoms with van der Waals surface area (Å²) in [6.07, 6.45) is -1.34. The second kappa shape index (κ2) is 6.88. The Labute approximate surface area is 100.0 Å². The van der Waals surface area contributed by atoms with Crippen molar-refractivity contribution in [2.24, 2.45) is 0 Å². The van der Waals surface area contributed by atoms with E-state index in [0.717, 1.165) is 0 Å². The Bertz CT molecular complexity index is 335. The predicted octanol–water partition coefficient (Wildman–Crippen LogP) is 3.06. The Morgan fingerprint density at radius 1 is 1.38 bits per heavy atom. The lowest BCUT2D eigenvalue weighted by atomic mass is 10.3. The molecule has 0 bridgehead atoms. The van der Waals surface area contributed by atoms with Gasteiger partial charge in [-0.1, -0.05) is 0 Å². The van der Waals surface area contributed by atoms with Crippen molar-refractivity contribution < 1.29 is 13.7 Å². The molecule has 16 heavy (non-hydrogen) atoms. The maximum absolute atomic E-state index is 12.6. The molecule has 0 spiro atoms. The Morgan fingerprint density at radius 3 is 2.50 bits per heavy atom. The summed E-state index contributed by atoms with van der Waals surface area (Å²) in [5, 5.41) is 0. The van der Waals surface area contributed by atoms with Crippen molar-refractivity contribution in [3.63, 3.8) is 0 Å². The summed E-state index contributed by atoms with van der Waals surface area (Å²) in [6.45, 7) is 5.24.